The van der Waals surface area contributed by atoms with E-state index in [1.807, 2.05) is 19.3 Å². The van der Waals surface area contributed by atoms with Gasteiger partial charge in [0, 0.05) is 25.2 Å². The van der Waals surface area contributed by atoms with E-state index in [-0.39, 0.29) is 30.6 Å². The summed E-state index contributed by atoms with van der Waals surface area (Å²) in [6.45, 7) is 0. The number of aromatic nitrogens is 3. The molecule has 0 amide bonds. The van der Waals surface area contributed by atoms with Crippen LogP contribution in [-0.4, -0.2) is 53.9 Å². The molecule has 2 aromatic rings. The zero-order chi connectivity index (χ0) is 18.5. The number of sulfone groups is 1. The normalized spacial score (nSPS) is 28.8. The molecule has 0 aromatic carbocycles. The predicted octanol–water partition coefficient (Wildman–Crippen LogP) is 2.63. The van der Waals surface area contributed by atoms with E-state index in [9.17, 15) is 17.2 Å². The summed E-state index contributed by atoms with van der Waals surface area (Å²) in [5.41, 5.74) is 0.777. The lowest BCUT2D eigenvalue weighted by atomic mass is 9.80. The van der Waals surface area contributed by atoms with Crippen LogP contribution in [0.5, 0.6) is 0 Å². The van der Waals surface area contributed by atoms with Crippen LogP contribution in [0.2, 0.25) is 0 Å². The fourth-order valence-corrected chi connectivity index (χ4v) is 6.32. The Balaban J connectivity index is 1.33. The van der Waals surface area contributed by atoms with E-state index < -0.39 is 27.4 Å². The summed E-state index contributed by atoms with van der Waals surface area (Å²) in [5.74, 6) is 0.306. The Bertz CT molecular complexity index is 889. The van der Waals surface area contributed by atoms with E-state index in [1.54, 1.807) is 0 Å². The zero-order valence-corrected chi connectivity index (χ0v) is 15.3. The number of aromatic amines is 1. The van der Waals surface area contributed by atoms with Gasteiger partial charge in [-0.25, -0.2) is 27.2 Å². The van der Waals surface area contributed by atoms with E-state index in [1.165, 1.54) is 6.33 Å². The van der Waals surface area contributed by atoms with Crippen LogP contribution in [-0.2, 0) is 9.84 Å². The fraction of sp³-hybridized carbons (Fsp3) is 0.647. The average molecular weight is 384 g/mol. The van der Waals surface area contributed by atoms with Crippen molar-refractivity contribution in [3.8, 4) is 0 Å². The maximum absolute atomic E-state index is 12.6. The van der Waals surface area contributed by atoms with Gasteiger partial charge < -0.3 is 9.88 Å². The van der Waals surface area contributed by atoms with Gasteiger partial charge in [0.2, 0.25) is 6.43 Å². The maximum atomic E-state index is 12.6. The van der Waals surface area contributed by atoms with Crippen molar-refractivity contribution in [1.82, 2.24) is 15.0 Å². The van der Waals surface area contributed by atoms with Gasteiger partial charge in [0.25, 0.3) is 0 Å². The highest BCUT2D eigenvalue weighted by atomic mass is 32.2. The van der Waals surface area contributed by atoms with Gasteiger partial charge in [-0.1, -0.05) is 0 Å². The number of nitrogens with one attached hydrogen (secondary N) is 1. The minimum Gasteiger partial charge on any atom is -0.356 e. The van der Waals surface area contributed by atoms with Gasteiger partial charge in [0.15, 0.2) is 9.84 Å². The van der Waals surface area contributed by atoms with E-state index in [4.69, 9.17) is 0 Å². The van der Waals surface area contributed by atoms with E-state index in [2.05, 4.69) is 19.9 Å². The highest BCUT2D eigenvalue weighted by Gasteiger charge is 2.45. The van der Waals surface area contributed by atoms with Gasteiger partial charge in [0.1, 0.15) is 17.8 Å². The van der Waals surface area contributed by atoms with Crippen molar-refractivity contribution in [2.24, 2.45) is 11.8 Å². The minimum absolute atomic E-state index is 0.0987. The first kappa shape index (κ1) is 17.6. The second-order valence-corrected chi connectivity index (χ2v) is 9.88. The van der Waals surface area contributed by atoms with Crippen LogP contribution in [0.15, 0.2) is 18.6 Å². The van der Waals surface area contributed by atoms with Crippen LogP contribution in [0.25, 0.3) is 11.0 Å². The molecule has 2 saturated carbocycles. The lowest BCUT2D eigenvalue weighted by molar-refractivity contribution is 0.0363. The Morgan fingerprint density at radius 3 is 2.69 bits per heavy atom. The quantitative estimate of drug-likeness (QED) is 0.828. The van der Waals surface area contributed by atoms with Gasteiger partial charge >= 0.3 is 0 Å². The van der Waals surface area contributed by atoms with Gasteiger partial charge in [-0.3, -0.25) is 0 Å². The molecule has 2 aromatic heterocycles. The standard InChI is InChI=1S/C17H22F2N4O2S/c1-23(17-14-2-3-20-16(14)21-9-22-17)12-4-10(5-12)8-26(24,25)13-6-11(7-13)15(18)19/h2-3,9-13,15H,4-8H2,1H3,(H,20,21,22)/t10-,11?,12+,13?. The Morgan fingerprint density at radius 1 is 1.27 bits per heavy atom. The first-order valence-corrected chi connectivity index (χ1v) is 10.6. The molecule has 0 atom stereocenters. The van der Waals surface area contributed by atoms with Crippen molar-refractivity contribution in [3.63, 3.8) is 0 Å². The summed E-state index contributed by atoms with van der Waals surface area (Å²) in [5, 5.41) is 0.373. The number of halogens is 2. The monoisotopic (exact) mass is 384 g/mol. The number of H-pyrrole nitrogens is 1. The van der Waals surface area contributed by atoms with Gasteiger partial charge in [0.05, 0.1) is 16.4 Å². The molecule has 0 radical (unpaired) electrons. The summed E-state index contributed by atoms with van der Waals surface area (Å²) in [6.07, 6.45) is 2.71. The number of rotatable bonds is 6. The molecular weight excluding hydrogens is 362 g/mol. The average Bonchev–Trinajstić information content (AvgIpc) is 2.96. The number of hydrogen-bond acceptors (Lipinski definition) is 5. The van der Waals surface area contributed by atoms with Gasteiger partial charge in [-0.2, -0.15) is 0 Å². The van der Waals surface area contributed by atoms with Crippen LogP contribution in [0.3, 0.4) is 0 Å². The zero-order valence-electron chi connectivity index (χ0n) is 14.5. The molecule has 2 aliphatic rings. The molecule has 142 valence electrons. The molecular formula is C17H22F2N4O2S. The molecule has 2 heterocycles. The van der Waals surface area contributed by atoms with Crippen molar-refractivity contribution >= 4 is 26.7 Å². The first-order valence-electron chi connectivity index (χ1n) is 8.86. The summed E-state index contributed by atoms with van der Waals surface area (Å²) >= 11 is 0. The van der Waals surface area contributed by atoms with Crippen molar-refractivity contribution in [2.45, 2.75) is 43.4 Å². The molecule has 6 nitrogen and oxygen atoms in total. The summed E-state index contributed by atoms with van der Waals surface area (Å²) in [7, 11) is -1.31. The van der Waals surface area contributed by atoms with Crippen molar-refractivity contribution in [1.29, 1.82) is 0 Å². The van der Waals surface area contributed by atoms with Gasteiger partial charge in [-0.05, 0) is 37.7 Å². The third-order valence-electron chi connectivity index (χ3n) is 5.89. The summed E-state index contributed by atoms with van der Waals surface area (Å²) in [4.78, 5) is 13.7. The van der Waals surface area contributed by atoms with Crippen LogP contribution < -0.4 is 4.90 Å². The number of nitrogens with zero attached hydrogens (tertiary/aromatic N) is 3. The maximum Gasteiger partial charge on any atom is 0.241 e. The number of anilines is 1. The van der Waals surface area contributed by atoms with Crippen molar-refractivity contribution in [3.05, 3.63) is 18.6 Å². The lowest BCUT2D eigenvalue weighted by Crippen LogP contribution is -2.48. The largest absolute Gasteiger partial charge is 0.356 e. The Labute approximate surface area is 150 Å². The highest BCUT2D eigenvalue weighted by Crippen LogP contribution is 2.41. The van der Waals surface area contributed by atoms with Crippen molar-refractivity contribution in [2.75, 3.05) is 17.7 Å². The third-order valence-corrected chi connectivity index (χ3v) is 8.23. The smallest absolute Gasteiger partial charge is 0.241 e. The van der Waals surface area contributed by atoms with Crippen molar-refractivity contribution < 1.29 is 17.2 Å². The van der Waals surface area contributed by atoms with E-state index in [0.717, 1.165) is 29.7 Å². The number of fused-ring (bicyclic) bond motifs is 1. The second-order valence-electron chi connectivity index (χ2n) is 7.56. The lowest BCUT2D eigenvalue weighted by Gasteiger charge is -2.43. The van der Waals surface area contributed by atoms with Crippen LogP contribution in [0, 0.1) is 11.8 Å². The summed E-state index contributed by atoms with van der Waals surface area (Å²) in [6, 6.07) is 2.16. The fourth-order valence-electron chi connectivity index (χ4n) is 4.04. The van der Waals surface area contributed by atoms with E-state index >= 15 is 0 Å². The molecule has 1 N–H and O–H groups in total. The minimum atomic E-state index is -3.27. The van der Waals surface area contributed by atoms with E-state index in [0.29, 0.717) is 0 Å². The molecule has 0 saturated heterocycles. The molecule has 2 aliphatic carbocycles. The van der Waals surface area contributed by atoms with Gasteiger partial charge in [-0.15, -0.1) is 0 Å². The Morgan fingerprint density at radius 2 is 2.00 bits per heavy atom. The number of alkyl halides is 2. The molecule has 0 bridgehead atoms. The highest BCUT2D eigenvalue weighted by molar-refractivity contribution is 7.92. The second kappa shape index (κ2) is 6.44. The molecule has 2 fully saturated rings. The predicted molar refractivity (Wildman–Crippen MR) is 95.1 cm³/mol. The third kappa shape index (κ3) is 3.06. The molecule has 0 spiro atoms. The first-order chi connectivity index (χ1) is 12.3. The van der Waals surface area contributed by atoms with Crippen LogP contribution in [0.1, 0.15) is 25.7 Å². The summed E-state index contributed by atoms with van der Waals surface area (Å²) < 4.78 is 49.9. The number of hydrogen-bond donors (Lipinski definition) is 1. The van der Waals surface area contributed by atoms with Crippen LogP contribution >= 0.6 is 0 Å². The topological polar surface area (TPSA) is 79.0 Å². The molecule has 4 rings (SSSR count). The molecule has 9 heteroatoms. The Kier molecular flexibility index (Phi) is 4.37. The molecule has 0 aliphatic heterocycles. The Hall–Kier alpha value is -1.77. The van der Waals surface area contributed by atoms with Crippen LogP contribution in [0.4, 0.5) is 14.6 Å². The molecule has 26 heavy (non-hydrogen) atoms. The SMILES string of the molecule is CN(c1ncnc2[nH]ccc12)[C@H]1C[C@@H](CS(=O)(=O)C2CC(C(F)F)C2)C1. The molecule has 0 unspecified atom stereocenters.